The normalized spacial score (nSPS) is 22.6. The van der Waals surface area contributed by atoms with Gasteiger partial charge in [-0.25, -0.2) is 13.1 Å². The third kappa shape index (κ3) is 4.94. The Morgan fingerprint density at radius 2 is 1.41 bits per heavy atom. The topological polar surface area (TPSA) is 66.4 Å². The molecule has 0 unspecified atom stereocenters. The van der Waals surface area contributed by atoms with Crippen molar-refractivity contribution < 1.29 is 39.9 Å². The predicted octanol–water partition coefficient (Wildman–Crippen LogP) is 3.52. The van der Waals surface area contributed by atoms with Gasteiger partial charge in [0, 0.05) is 12.0 Å². The van der Waals surface area contributed by atoms with E-state index in [1.54, 1.807) is 30.3 Å². The first-order valence-electron chi connectivity index (χ1n) is 8.16. The number of halogens is 6. The van der Waals surface area contributed by atoms with Gasteiger partial charge in [-0.05, 0) is 31.2 Å². The summed E-state index contributed by atoms with van der Waals surface area (Å²) in [5, 5.41) is 9.43. The van der Waals surface area contributed by atoms with Crippen LogP contribution >= 0.6 is 0 Å². The van der Waals surface area contributed by atoms with E-state index in [0.29, 0.717) is 5.56 Å². The second kappa shape index (κ2) is 7.59. The van der Waals surface area contributed by atoms with Crippen molar-refractivity contribution in [3.8, 4) is 0 Å². The lowest BCUT2D eigenvalue weighted by atomic mass is 9.74. The van der Waals surface area contributed by atoms with E-state index < -0.39 is 52.8 Å². The van der Waals surface area contributed by atoms with Gasteiger partial charge < -0.3 is 5.11 Å². The Bertz CT molecular complexity index is 711. The smallest absolute Gasteiger partial charge is 0.373 e. The molecule has 0 atom stereocenters. The Balaban J connectivity index is 2.02. The molecule has 154 valence electrons. The molecule has 0 aromatic heterocycles. The van der Waals surface area contributed by atoms with Gasteiger partial charge in [-0.2, -0.15) is 26.3 Å². The minimum atomic E-state index is -5.87. The monoisotopic (exact) mass is 419 g/mol. The molecule has 0 heterocycles. The molecule has 1 aliphatic rings. The van der Waals surface area contributed by atoms with Crippen molar-refractivity contribution in [2.75, 3.05) is 0 Å². The van der Waals surface area contributed by atoms with Gasteiger partial charge in [0.15, 0.2) is 0 Å². The highest BCUT2D eigenvalue weighted by Crippen LogP contribution is 2.51. The molecule has 4 nitrogen and oxygen atoms in total. The number of hydrogen-bond donors (Lipinski definition) is 2. The van der Waals surface area contributed by atoms with Crippen LogP contribution in [-0.2, 0) is 15.8 Å². The van der Waals surface area contributed by atoms with E-state index in [9.17, 15) is 39.9 Å². The third-order valence-corrected chi connectivity index (χ3v) is 6.13. The van der Waals surface area contributed by atoms with E-state index in [1.165, 1.54) is 0 Å². The SMILES string of the molecule is O=S(=O)(Cc1ccccc1)NC1CCC(C(O)(C(F)(F)F)C(F)(F)F)CC1. The summed E-state index contributed by atoms with van der Waals surface area (Å²) in [5.74, 6) is -2.42. The van der Waals surface area contributed by atoms with Gasteiger partial charge in [-0.3, -0.25) is 0 Å². The summed E-state index contributed by atoms with van der Waals surface area (Å²) in [4.78, 5) is 0. The van der Waals surface area contributed by atoms with Crippen LogP contribution in [0.1, 0.15) is 31.2 Å². The van der Waals surface area contributed by atoms with Gasteiger partial charge in [0.1, 0.15) is 0 Å². The molecule has 11 heteroatoms. The maximum Gasteiger partial charge on any atom is 0.426 e. The Kier molecular flexibility index (Phi) is 6.18. The van der Waals surface area contributed by atoms with Gasteiger partial charge in [-0.15, -0.1) is 0 Å². The largest absolute Gasteiger partial charge is 0.426 e. The Hall–Kier alpha value is -1.33. The lowest BCUT2D eigenvalue weighted by molar-refractivity contribution is -0.387. The number of sulfonamides is 1. The van der Waals surface area contributed by atoms with Gasteiger partial charge in [0.25, 0.3) is 5.60 Å². The number of nitrogens with one attached hydrogen (secondary N) is 1. The number of rotatable bonds is 5. The summed E-state index contributed by atoms with van der Waals surface area (Å²) in [7, 11) is -3.80. The van der Waals surface area contributed by atoms with Crippen molar-refractivity contribution >= 4 is 10.0 Å². The number of aliphatic hydroxyl groups is 1. The molecule has 0 aliphatic heterocycles. The summed E-state index contributed by atoms with van der Waals surface area (Å²) in [6.45, 7) is 0. The first-order chi connectivity index (χ1) is 12.3. The second-order valence-electron chi connectivity index (χ2n) is 6.67. The average molecular weight is 419 g/mol. The standard InChI is InChI=1S/C16H19F6NO3S/c17-15(18,19)14(24,16(20,21)22)12-6-8-13(9-7-12)23-27(25,26)10-11-4-2-1-3-5-11/h1-5,12-13,23-24H,6-10H2. The van der Waals surface area contributed by atoms with Gasteiger partial charge in [0.2, 0.25) is 10.0 Å². The van der Waals surface area contributed by atoms with Gasteiger partial charge >= 0.3 is 12.4 Å². The molecule has 0 bridgehead atoms. The van der Waals surface area contributed by atoms with Crippen molar-refractivity contribution in [3.63, 3.8) is 0 Å². The zero-order chi connectivity index (χ0) is 20.5. The van der Waals surface area contributed by atoms with Crippen LogP contribution in [0.3, 0.4) is 0 Å². The summed E-state index contributed by atoms with van der Waals surface area (Å²) < 4.78 is 104. The Labute approximate surface area is 152 Å². The molecule has 0 saturated heterocycles. The fraction of sp³-hybridized carbons (Fsp3) is 0.625. The van der Waals surface area contributed by atoms with Crippen LogP contribution in [0.15, 0.2) is 30.3 Å². The highest BCUT2D eigenvalue weighted by molar-refractivity contribution is 7.88. The van der Waals surface area contributed by atoms with Crippen LogP contribution in [0.5, 0.6) is 0 Å². The van der Waals surface area contributed by atoms with Crippen molar-refractivity contribution in [1.82, 2.24) is 4.72 Å². The van der Waals surface area contributed by atoms with Gasteiger partial charge in [-0.1, -0.05) is 30.3 Å². The summed E-state index contributed by atoms with van der Waals surface area (Å²) in [6, 6.07) is 7.38. The minimum absolute atomic E-state index is 0.229. The molecule has 1 aromatic carbocycles. The predicted molar refractivity (Wildman–Crippen MR) is 85.0 cm³/mol. The number of alkyl halides is 6. The molecule has 1 aliphatic carbocycles. The van der Waals surface area contributed by atoms with E-state index in [0.717, 1.165) is 0 Å². The maximum absolute atomic E-state index is 12.9. The zero-order valence-corrected chi connectivity index (χ0v) is 14.8. The molecule has 0 amide bonds. The Morgan fingerprint density at radius 1 is 0.926 bits per heavy atom. The van der Waals surface area contributed by atoms with E-state index >= 15 is 0 Å². The molecule has 0 radical (unpaired) electrons. The third-order valence-electron chi connectivity index (χ3n) is 4.73. The van der Waals surface area contributed by atoms with Crippen LogP contribution in [0.25, 0.3) is 0 Å². The molecule has 1 saturated carbocycles. The summed E-state index contributed by atoms with van der Waals surface area (Å²) in [5.41, 5.74) is -4.30. The van der Waals surface area contributed by atoms with Crippen molar-refractivity contribution in [2.24, 2.45) is 5.92 Å². The molecule has 0 spiro atoms. The fourth-order valence-electron chi connectivity index (χ4n) is 3.34. The lowest BCUT2D eigenvalue weighted by Crippen LogP contribution is -2.62. The van der Waals surface area contributed by atoms with E-state index in [4.69, 9.17) is 0 Å². The highest BCUT2D eigenvalue weighted by atomic mass is 32.2. The van der Waals surface area contributed by atoms with E-state index in [1.807, 2.05) is 0 Å². The van der Waals surface area contributed by atoms with Gasteiger partial charge in [0.05, 0.1) is 5.75 Å². The maximum atomic E-state index is 12.9. The summed E-state index contributed by atoms with van der Waals surface area (Å²) in [6.07, 6.45) is -13.4. The molecular weight excluding hydrogens is 400 g/mol. The second-order valence-corrected chi connectivity index (χ2v) is 8.43. The van der Waals surface area contributed by atoms with Crippen LogP contribution in [0.2, 0.25) is 0 Å². The van der Waals surface area contributed by atoms with Crippen molar-refractivity contribution in [3.05, 3.63) is 35.9 Å². The first kappa shape index (κ1) is 22.0. The molecule has 1 fully saturated rings. The number of benzene rings is 1. The van der Waals surface area contributed by atoms with Crippen molar-refractivity contribution in [2.45, 2.75) is 55.4 Å². The number of hydrogen-bond acceptors (Lipinski definition) is 3. The van der Waals surface area contributed by atoms with Crippen LogP contribution < -0.4 is 4.72 Å². The summed E-state index contributed by atoms with van der Waals surface area (Å²) >= 11 is 0. The molecular formula is C16H19F6NO3S. The Morgan fingerprint density at radius 3 is 1.85 bits per heavy atom. The lowest BCUT2D eigenvalue weighted by Gasteiger charge is -2.41. The molecule has 2 N–H and O–H groups in total. The first-order valence-corrected chi connectivity index (χ1v) is 9.81. The molecule has 1 aromatic rings. The quantitative estimate of drug-likeness (QED) is 0.718. The fourth-order valence-corrected chi connectivity index (χ4v) is 4.80. The van der Waals surface area contributed by atoms with Crippen LogP contribution in [-0.4, -0.2) is 37.5 Å². The molecule has 27 heavy (non-hydrogen) atoms. The highest BCUT2D eigenvalue weighted by Gasteiger charge is 2.73. The van der Waals surface area contributed by atoms with E-state index in [2.05, 4.69) is 4.72 Å². The molecule has 2 rings (SSSR count). The van der Waals surface area contributed by atoms with Crippen LogP contribution in [0.4, 0.5) is 26.3 Å². The average Bonchev–Trinajstić information content (AvgIpc) is 2.52. The van der Waals surface area contributed by atoms with E-state index in [-0.39, 0.29) is 18.6 Å². The minimum Gasteiger partial charge on any atom is -0.373 e. The zero-order valence-electron chi connectivity index (χ0n) is 14.0. The van der Waals surface area contributed by atoms with Crippen LogP contribution in [0, 0.1) is 5.92 Å². The van der Waals surface area contributed by atoms with Crippen molar-refractivity contribution in [1.29, 1.82) is 0 Å².